The molecule has 1 N–H and O–H groups in total. The van der Waals surface area contributed by atoms with E-state index in [-0.39, 0.29) is 0 Å². The molecule has 4 aromatic heterocycles. The Balaban J connectivity index is 1.13. The van der Waals surface area contributed by atoms with E-state index in [0.29, 0.717) is 5.92 Å². The molecular weight excluding hydrogens is 434 g/mol. The second-order valence-electron chi connectivity index (χ2n) is 9.78. The van der Waals surface area contributed by atoms with Gasteiger partial charge in [0.2, 0.25) is 0 Å². The van der Waals surface area contributed by atoms with Crippen LogP contribution in [0, 0.1) is 5.92 Å². The number of aromatic nitrogens is 5. The summed E-state index contributed by atoms with van der Waals surface area (Å²) in [5.41, 5.74) is 4.61. The van der Waals surface area contributed by atoms with Crippen LogP contribution in [0.25, 0.3) is 27.8 Å². The zero-order valence-corrected chi connectivity index (χ0v) is 19.5. The molecule has 7 nitrogen and oxygen atoms in total. The van der Waals surface area contributed by atoms with Crippen molar-refractivity contribution in [3.8, 4) is 11.4 Å². The highest BCUT2D eigenvalue weighted by Gasteiger charge is 2.35. The summed E-state index contributed by atoms with van der Waals surface area (Å²) < 4.78 is 2.21. The van der Waals surface area contributed by atoms with Gasteiger partial charge in [-0.3, -0.25) is 9.38 Å². The van der Waals surface area contributed by atoms with E-state index in [1.165, 1.54) is 38.9 Å². The number of nitrogens with one attached hydrogen (secondary N) is 1. The van der Waals surface area contributed by atoms with Gasteiger partial charge in [0.15, 0.2) is 5.82 Å². The van der Waals surface area contributed by atoms with Crippen molar-refractivity contribution in [1.82, 2.24) is 29.2 Å². The molecule has 2 aliphatic rings. The van der Waals surface area contributed by atoms with Crippen LogP contribution < -0.4 is 5.32 Å². The van der Waals surface area contributed by atoms with Crippen molar-refractivity contribution in [3.63, 3.8) is 0 Å². The maximum absolute atomic E-state index is 4.85. The summed E-state index contributed by atoms with van der Waals surface area (Å²) in [7, 11) is 0. The first-order valence-electron chi connectivity index (χ1n) is 12.4. The molecule has 5 heterocycles. The van der Waals surface area contributed by atoms with Gasteiger partial charge in [0.25, 0.3) is 0 Å². The highest BCUT2D eigenvalue weighted by molar-refractivity contribution is 5.86. The van der Waals surface area contributed by atoms with Crippen molar-refractivity contribution in [3.05, 3.63) is 79.1 Å². The molecule has 0 atom stereocenters. The Morgan fingerprint density at radius 1 is 0.914 bits per heavy atom. The van der Waals surface area contributed by atoms with E-state index in [2.05, 4.69) is 48.9 Å². The van der Waals surface area contributed by atoms with E-state index in [1.54, 1.807) is 6.20 Å². The molecule has 1 aromatic carbocycles. The lowest BCUT2D eigenvalue weighted by Crippen LogP contribution is -2.43. The third-order valence-electron chi connectivity index (χ3n) is 7.44. The van der Waals surface area contributed by atoms with Crippen LogP contribution in [-0.4, -0.2) is 48.9 Å². The number of hydrogen-bond donors (Lipinski definition) is 1. The summed E-state index contributed by atoms with van der Waals surface area (Å²) >= 11 is 0. The highest BCUT2D eigenvalue weighted by Crippen LogP contribution is 2.42. The number of benzene rings is 1. The zero-order chi connectivity index (χ0) is 23.2. The Labute approximate surface area is 203 Å². The number of pyridine rings is 2. The van der Waals surface area contributed by atoms with Gasteiger partial charge in [-0.05, 0) is 68.6 Å². The minimum absolute atomic E-state index is 0.536. The lowest BCUT2D eigenvalue weighted by molar-refractivity contribution is 0.107. The van der Waals surface area contributed by atoms with Gasteiger partial charge in [-0.15, -0.1) is 0 Å². The number of nitrogens with zero attached hydrogens (tertiary/aromatic N) is 6. The van der Waals surface area contributed by atoms with Crippen LogP contribution in [-0.2, 0) is 0 Å². The number of anilines is 2. The summed E-state index contributed by atoms with van der Waals surface area (Å²) in [6.07, 6.45) is 11.5. The van der Waals surface area contributed by atoms with Crippen LogP contribution in [0.3, 0.4) is 0 Å². The van der Waals surface area contributed by atoms with Crippen molar-refractivity contribution in [2.75, 3.05) is 25.0 Å². The monoisotopic (exact) mass is 461 g/mol. The van der Waals surface area contributed by atoms with Gasteiger partial charge in [0, 0.05) is 42.1 Å². The normalized spacial score (nSPS) is 20.0. The van der Waals surface area contributed by atoms with Crippen LogP contribution in [0.5, 0.6) is 0 Å². The highest BCUT2D eigenvalue weighted by atomic mass is 15.2. The Morgan fingerprint density at radius 3 is 2.66 bits per heavy atom. The number of likely N-dealkylation sites (tertiary alicyclic amines) is 1. The average molecular weight is 462 g/mol. The minimum atomic E-state index is 0.536. The van der Waals surface area contributed by atoms with Crippen molar-refractivity contribution >= 4 is 27.9 Å². The molecule has 1 saturated heterocycles. The van der Waals surface area contributed by atoms with Crippen molar-refractivity contribution in [2.24, 2.45) is 5.92 Å². The van der Waals surface area contributed by atoms with Gasteiger partial charge in [-0.25, -0.2) is 15.0 Å². The standard InChI is InChI=1S/C28H27N7/c1-2-9-29-23(4-1)24-8-6-20-5-7-22(16-25(20)33-24)32-27-26-17-31-28(35(26)13-10-30-27)21-14-19(15-21)18-34-11-3-12-34/h1-2,4-10,13,16-17,19,21H,3,11-12,14-15,18H2,(H,30,32). The molecule has 7 rings (SSSR count). The SMILES string of the molecule is c1ccc(-c2ccc3ccc(Nc4nccn5c(C6CC(CN7CCC7)C6)ncc45)cc3n2)nc1. The lowest BCUT2D eigenvalue weighted by Gasteiger charge is -2.41. The van der Waals surface area contributed by atoms with Gasteiger partial charge in [-0.2, -0.15) is 0 Å². The zero-order valence-electron chi connectivity index (χ0n) is 19.5. The second kappa shape index (κ2) is 8.43. The Kier molecular flexibility index (Phi) is 4.94. The maximum Gasteiger partial charge on any atom is 0.156 e. The molecule has 1 saturated carbocycles. The molecule has 0 radical (unpaired) electrons. The maximum atomic E-state index is 4.85. The minimum Gasteiger partial charge on any atom is -0.338 e. The molecule has 174 valence electrons. The topological polar surface area (TPSA) is 71.2 Å². The molecule has 0 amide bonds. The number of hydrogen-bond acceptors (Lipinski definition) is 6. The molecule has 1 aliphatic carbocycles. The Morgan fingerprint density at radius 2 is 1.83 bits per heavy atom. The number of rotatable bonds is 6. The van der Waals surface area contributed by atoms with E-state index in [4.69, 9.17) is 9.97 Å². The summed E-state index contributed by atoms with van der Waals surface area (Å²) in [4.78, 5) is 21.3. The van der Waals surface area contributed by atoms with Gasteiger partial charge >= 0.3 is 0 Å². The van der Waals surface area contributed by atoms with Crippen LogP contribution in [0.2, 0.25) is 0 Å². The van der Waals surface area contributed by atoms with Gasteiger partial charge in [-0.1, -0.05) is 18.2 Å². The first kappa shape index (κ1) is 20.5. The summed E-state index contributed by atoms with van der Waals surface area (Å²) in [6, 6.07) is 16.2. The first-order valence-corrected chi connectivity index (χ1v) is 12.4. The quantitative estimate of drug-likeness (QED) is 0.371. The van der Waals surface area contributed by atoms with E-state index < -0.39 is 0 Å². The summed E-state index contributed by atoms with van der Waals surface area (Å²) in [5.74, 6) is 3.32. The largest absolute Gasteiger partial charge is 0.338 e. The molecular formula is C28H27N7. The molecule has 2 fully saturated rings. The van der Waals surface area contributed by atoms with Gasteiger partial charge in [0.05, 0.1) is 23.1 Å². The van der Waals surface area contributed by atoms with Gasteiger partial charge in [0.1, 0.15) is 11.3 Å². The van der Waals surface area contributed by atoms with Gasteiger partial charge < -0.3 is 10.2 Å². The first-order chi connectivity index (χ1) is 17.3. The number of imidazole rings is 1. The average Bonchev–Trinajstić information content (AvgIpc) is 3.27. The smallest absolute Gasteiger partial charge is 0.156 e. The van der Waals surface area contributed by atoms with Crippen molar-refractivity contribution in [1.29, 1.82) is 0 Å². The molecule has 35 heavy (non-hydrogen) atoms. The third-order valence-corrected chi connectivity index (χ3v) is 7.44. The van der Waals surface area contributed by atoms with Crippen molar-refractivity contribution < 1.29 is 0 Å². The van der Waals surface area contributed by atoms with Crippen LogP contribution in [0.4, 0.5) is 11.5 Å². The predicted molar refractivity (Wildman–Crippen MR) is 138 cm³/mol. The summed E-state index contributed by atoms with van der Waals surface area (Å²) in [5, 5.41) is 4.59. The second-order valence-corrected chi connectivity index (χ2v) is 9.78. The van der Waals surface area contributed by atoms with E-state index >= 15 is 0 Å². The van der Waals surface area contributed by atoms with Crippen LogP contribution in [0.1, 0.15) is 31.0 Å². The fourth-order valence-corrected chi connectivity index (χ4v) is 5.36. The van der Waals surface area contributed by atoms with E-state index in [0.717, 1.165) is 51.1 Å². The molecule has 5 aromatic rings. The van der Waals surface area contributed by atoms with Crippen molar-refractivity contribution in [2.45, 2.75) is 25.2 Å². The fraction of sp³-hybridized carbons (Fsp3) is 0.286. The molecule has 1 aliphatic heterocycles. The lowest BCUT2D eigenvalue weighted by atomic mass is 9.74. The van der Waals surface area contributed by atoms with Crippen LogP contribution >= 0.6 is 0 Å². The Bertz CT molecular complexity index is 1500. The molecule has 0 spiro atoms. The number of fused-ring (bicyclic) bond motifs is 2. The molecule has 0 bridgehead atoms. The van der Waals surface area contributed by atoms with Crippen LogP contribution in [0.15, 0.2) is 73.3 Å². The van der Waals surface area contributed by atoms with E-state index in [1.807, 2.05) is 42.9 Å². The fourth-order valence-electron chi connectivity index (χ4n) is 5.36. The predicted octanol–water partition coefficient (Wildman–Crippen LogP) is 5.28. The van der Waals surface area contributed by atoms with E-state index in [9.17, 15) is 0 Å². The summed E-state index contributed by atoms with van der Waals surface area (Å²) in [6.45, 7) is 3.82. The third kappa shape index (κ3) is 3.82. The Hall–Kier alpha value is -3.84. The molecule has 0 unspecified atom stereocenters. The molecule has 7 heteroatoms.